The van der Waals surface area contributed by atoms with Gasteiger partial charge in [0.1, 0.15) is 5.75 Å². The number of nitrogens with one attached hydrogen (secondary N) is 1. The molecule has 1 aromatic carbocycles. The van der Waals surface area contributed by atoms with Crippen LogP contribution in [-0.4, -0.2) is 18.4 Å². The molecule has 0 heterocycles. The molecule has 0 bridgehead atoms. The molecular weight excluding hydrogens is 245 g/mol. The van der Waals surface area contributed by atoms with Crippen LogP contribution >= 0.6 is 0 Å². The molecule has 1 aromatic rings. The van der Waals surface area contributed by atoms with Crippen molar-refractivity contribution >= 4 is 0 Å². The van der Waals surface area contributed by atoms with Gasteiger partial charge in [0.15, 0.2) is 0 Å². The predicted octanol–water partition coefficient (Wildman–Crippen LogP) is 2.41. The highest BCUT2D eigenvalue weighted by Crippen LogP contribution is 2.26. The van der Waals surface area contributed by atoms with Crippen molar-refractivity contribution in [1.29, 1.82) is 0 Å². The fourth-order valence-corrected chi connectivity index (χ4v) is 1.39. The number of benzene rings is 1. The van der Waals surface area contributed by atoms with Gasteiger partial charge in [0.2, 0.25) is 0 Å². The van der Waals surface area contributed by atoms with E-state index in [1.54, 1.807) is 12.1 Å². The third-order valence-corrected chi connectivity index (χ3v) is 2.09. The van der Waals surface area contributed by atoms with Crippen LogP contribution in [0.2, 0.25) is 0 Å². The SMILES string of the molecule is CC(C)(N)CNCc1ccccc1OC(F)(F)F. The number of alkyl halides is 3. The summed E-state index contributed by atoms with van der Waals surface area (Å²) in [5.41, 5.74) is 5.79. The van der Waals surface area contributed by atoms with Crippen LogP contribution < -0.4 is 15.8 Å². The molecule has 0 aromatic heterocycles. The fraction of sp³-hybridized carbons (Fsp3) is 0.500. The van der Waals surface area contributed by atoms with Crippen LogP contribution in [0, 0.1) is 0 Å². The Hall–Kier alpha value is -1.27. The maximum Gasteiger partial charge on any atom is 0.573 e. The van der Waals surface area contributed by atoms with E-state index in [2.05, 4.69) is 10.1 Å². The van der Waals surface area contributed by atoms with Crippen LogP contribution in [0.4, 0.5) is 13.2 Å². The summed E-state index contributed by atoms with van der Waals surface area (Å²) in [7, 11) is 0. The second-order valence-electron chi connectivity index (χ2n) is 4.75. The molecule has 18 heavy (non-hydrogen) atoms. The molecule has 0 aliphatic carbocycles. The third kappa shape index (κ3) is 5.88. The van der Waals surface area contributed by atoms with Crippen molar-refractivity contribution < 1.29 is 17.9 Å². The van der Waals surface area contributed by atoms with Crippen molar-refractivity contribution in [3.8, 4) is 5.75 Å². The smallest absolute Gasteiger partial charge is 0.405 e. The van der Waals surface area contributed by atoms with Gasteiger partial charge in [-0.15, -0.1) is 13.2 Å². The molecule has 6 heteroatoms. The fourth-order valence-electron chi connectivity index (χ4n) is 1.39. The number of hydrogen-bond acceptors (Lipinski definition) is 3. The molecule has 102 valence electrons. The van der Waals surface area contributed by atoms with Crippen LogP contribution in [0.3, 0.4) is 0 Å². The molecule has 0 spiro atoms. The number of ether oxygens (including phenoxy) is 1. The van der Waals surface area contributed by atoms with Gasteiger partial charge in [-0.2, -0.15) is 0 Å². The molecule has 3 nitrogen and oxygen atoms in total. The van der Waals surface area contributed by atoms with Crippen LogP contribution in [-0.2, 0) is 6.54 Å². The first-order valence-electron chi connectivity index (χ1n) is 5.51. The average Bonchev–Trinajstić information content (AvgIpc) is 2.16. The summed E-state index contributed by atoms with van der Waals surface area (Å²) in [6, 6.07) is 6.03. The van der Waals surface area contributed by atoms with Gasteiger partial charge in [0.05, 0.1) is 0 Å². The molecule has 3 N–H and O–H groups in total. The highest BCUT2D eigenvalue weighted by Gasteiger charge is 2.31. The Bertz CT molecular complexity index is 386. The lowest BCUT2D eigenvalue weighted by atomic mass is 10.1. The molecule has 0 saturated carbocycles. The molecule has 0 fully saturated rings. The van der Waals surface area contributed by atoms with Gasteiger partial charge in [0, 0.05) is 24.2 Å². The first-order chi connectivity index (χ1) is 8.17. The Balaban J connectivity index is 2.65. The summed E-state index contributed by atoms with van der Waals surface area (Å²) >= 11 is 0. The molecule has 0 atom stereocenters. The van der Waals surface area contributed by atoms with Crippen LogP contribution in [0.25, 0.3) is 0 Å². The van der Waals surface area contributed by atoms with Crippen molar-refractivity contribution in [3.05, 3.63) is 29.8 Å². The monoisotopic (exact) mass is 262 g/mol. The molecule has 0 aliphatic rings. The number of halogens is 3. The molecular formula is C12H17F3N2O. The minimum Gasteiger partial charge on any atom is -0.405 e. The van der Waals surface area contributed by atoms with E-state index in [0.717, 1.165) is 0 Å². The lowest BCUT2D eigenvalue weighted by Gasteiger charge is -2.20. The highest BCUT2D eigenvalue weighted by molar-refractivity contribution is 5.33. The van der Waals surface area contributed by atoms with Crippen LogP contribution in [0.15, 0.2) is 24.3 Å². The predicted molar refractivity (Wildman–Crippen MR) is 63.1 cm³/mol. The van der Waals surface area contributed by atoms with Crippen molar-refractivity contribution in [2.45, 2.75) is 32.3 Å². The van der Waals surface area contributed by atoms with Crippen molar-refractivity contribution in [2.75, 3.05) is 6.54 Å². The van der Waals surface area contributed by atoms with Crippen molar-refractivity contribution in [2.24, 2.45) is 5.73 Å². The Kier molecular flexibility index (Phi) is 4.59. The molecule has 0 amide bonds. The molecule has 0 aliphatic heterocycles. The summed E-state index contributed by atoms with van der Waals surface area (Å²) in [5.74, 6) is -0.188. The largest absolute Gasteiger partial charge is 0.573 e. The van der Waals surface area contributed by atoms with E-state index in [4.69, 9.17) is 5.73 Å². The summed E-state index contributed by atoms with van der Waals surface area (Å²) in [4.78, 5) is 0. The zero-order chi connectivity index (χ0) is 13.8. The Morgan fingerprint density at radius 1 is 1.22 bits per heavy atom. The quantitative estimate of drug-likeness (QED) is 0.856. The van der Waals surface area contributed by atoms with Gasteiger partial charge in [-0.05, 0) is 19.9 Å². The molecule has 0 unspecified atom stereocenters. The first kappa shape index (κ1) is 14.8. The van der Waals surface area contributed by atoms with E-state index in [-0.39, 0.29) is 12.3 Å². The zero-order valence-corrected chi connectivity index (χ0v) is 10.3. The van der Waals surface area contributed by atoms with Gasteiger partial charge in [0.25, 0.3) is 0 Å². The van der Waals surface area contributed by atoms with Gasteiger partial charge in [-0.25, -0.2) is 0 Å². The highest BCUT2D eigenvalue weighted by atomic mass is 19.4. The van der Waals surface area contributed by atoms with E-state index in [0.29, 0.717) is 12.1 Å². The second-order valence-corrected chi connectivity index (χ2v) is 4.75. The molecule has 0 saturated heterocycles. The number of hydrogen-bond donors (Lipinski definition) is 2. The van der Waals surface area contributed by atoms with Crippen molar-refractivity contribution in [1.82, 2.24) is 5.32 Å². The topological polar surface area (TPSA) is 47.3 Å². The Labute approximate surface area is 104 Å². The molecule has 1 rings (SSSR count). The number of nitrogens with two attached hydrogens (primary N) is 1. The van der Waals surface area contributed by atoms with Gasteiger partial charge in [-0.3, -0.25) is 0 Å². The van der Waals surface area contributed by atoms with Crippen LogP contribution in [0.5, 0.6) is 5.75 Å². The first-order valence-corrected chi connectivity index (χ1v) is 5.51. The van der Waals surface area contributed by atoms with Gasteiger partial charge in [-0.1, -0.05) is 18.2 Å². The zero-order valence-electron chi connectivity index (χ0n) is 10.3. The second kappa shape index (κ2) is 5.58. The van der Waals surface area contributed by atoms with E-state index in [9.17, 15) is 13.2 Å². The van der Waals surface area contributed by atoms with E-state index < -0.39 is 11.9 Å². The standard InChI is InChI=1S/C12H17F3N2O/c1-11(2,16)8-17-7-9-5-3-4-6-10(9)18-12(13,14)15/h3-6,17H,7-8,16H2,1-2H3. The Morgan fingerprint density at radius 2 is 1.83 bits per heavy atom. The third-order valence-electron chi connectivity index (χ3n) is 2.09. The van der Waals surface area contributed by atoms with Crippen LogP contribution in [0.1, 0.15) is 19.4 Å². The van der Waals surface area contributed by atoms with Gasteiger partial charge < -0.3 is 15.8 Å². The number of para-hydroxylation sites is 1. The van der Waals surface area contributed by atoms with Gasteiger partial charge >= 0.3 is 6.36 Å². The average molecular weight is 262 g/mol. The van der Waals surface area contributed by atoms with E-state index in [1.807, 2.05) is 13.8 Å². The lowest BCUT2D eigenvalue weighted by molar-refractivity contribution is -0.274. The number of rotatable bonds is 5. The minimum absolute atomic E-state index is 0.188. The summed E-state index contributed by atoms with van der Waals surface area (Å²) in [6.45, 7) is 4.43. The molecule has 0 radical (unpaired) electrons. The minimum atomic E-state index is -4.68. The summed E-state index contributed by atoms with van der Waals surface area (Å²) < 4.78 is 40.5. The summed E-state index contributed by atoms with van der Waals surface area (Å²) in [5, 5.41) is 3.00. The lowest BCUT2D eigenvalue weighted by Crippen LogP contribution is -2.42. The van der Waals surface area contributed by atoms with E-state index >= 15 is 0 Å². The summed E-state index contributed by atoms with van der Waals surface area (Å²) in [6.07, 6.45) is -4.68. The maximum atomic E-state index is 12.2. The normalized spacial score (nSPS) is 12.6. The van der Waals surface area contributed by atoms with E-state index in [1.165, 1.54) is 12.1 Å². The van der Waals surface area contributed by atoms with Crippen molar-refractivity contribution in [3.63, 3.8) is 0 Å². The maximum absolute atomic E-state index is 12.2. The Morgan fingerprint density at radius 3 is 2.39 bits per heavy atom.